The van der Waals surface area contributed by atoms with E-state index in [4.69, 9.17) is 9.26 Å². The minimum atomic E-state index is -0.298. The summed E-state index contributed by atoms with van der Waals surface area (Å²) in [6.45, 7) is 0. The molecule has 1 N–H and O–H groups in total. The van der Waals surface area contributed by atoms with Gasteiger partial charge in [0.1, 0.15) is 17.3 Å². The van der Waals surface area contributed by atoms with Crippen molar-refractivity contribution in [3.63, 3.8) is 0 Å². The van der Waals surface area contributed by atoms with Crippen molar-refractivity contribution in [2.45, 2.75) is 0 Å². The molecular weight excluding hydrogens is 309 g/mol. The number of aromatic amines is 1. The molecule has 0 radical (unpaired) electrons. The Hall–Kier alpha value is -3.41. The van der Waals surface area contributed by atoms with Crippen molar-refractivity contribution in [2.75, 3.05) is 0 Å². The summed E-state index contributed by atoms with van der Waals surface area (Å²) in [6, 6.07) is 15.0. The Morgan fingerprint density at radius 3 is 2.25 bits per heavy atom. The molecule has 0 amide bonds. The fraction of sp³-hybridized carbons (Fsp3) is 0. The van der Waals surface area contributed by atoms with E-state index in [0.717, 1.165) is 11.1 Å². The van der Waals surface area contributed by atoms with Crippen LogP contribution in [0.5, 0.6) is 11.5 Å². The van der Waals surface area contributed by atoms with Gasteiger partial charge in [-0.05, 0) is 54.6 Å². The maximum absolute atomic E-state index is 12.9. The number of nitrogens with one attached hydrogen (secondary N) is 1. The van der Waals surface area contributed by atoms with E-state index < -0.39 is 0 Å². The largest absolute Gasteiger partial charge is 0.457 e. The highest BCUT2D eigenvalue weighted by molar-refractivity contribution is 5.60. The van der Waals surface area contributed by atoms with Gasteiger partial charge in [-0.15, -0.1) is 0 Å². The molecule has 0 bridgehead atoms. The second-order valence-corrected chi connectivity index (χ2v) is 5.10. The topological polar surface area (TPSA) is 63.9 Å². The molecule has 0 aliphatic rings. The van der Waals surface area contributed by atoms with Gasteiger partial charge in [-0.3, -0.25) is 0 Å². The minimum absolute atomic E-state index is 0.298. The Morgan fingerprint density at radius 1 is 0.875 bits per heavy atom. The van der Waals surface area contributed by atoms with Crippen molar-refractivity contribution in [1.82, 2.24) is 15.1 Å². The first-order valence-corrected chi connectivity index (χ1v) is 7.29. The highest BCUT2D eigenvalue weighted by Crippen LogP contribution is 2.26. The van der Waals surface area contributed by atoms with E-state index >= 15 is 0 Å². The molecule has 0 atom stereocenters. The molecule has 0 spiro atoms. The maximum Gasteiger partial charge on any atom is 0.259 e. The number of rotatable bonds is 4. The van der Waals surface area contributed by atoms with Gasteiger partial charge in [0.25, 0.3) is 5.89 Å². The van der Waals surface area contributed by atoms with Gasteiger partial charge in [0.2, 0.25) is 5.82 Å². The average molecular weight is 321 g/mol. The average Bonchev–Trinajstić information content (AvgIpc) is 3.29. The molecular formula is C18H12FN3O2. The molecule has 2 aromatic heterocycles. The predicted octanol–water partition coefficient (Wildman–Crippen LogP) is 4.66. The molecule has 4 rings (SSSR count). The normalized spacial score (nSPS) is 10.7. The predicted molar refractivity (Wildman–Crippen MR) is 86.0 cm³/mol. The van der Waals surface area contributed by atoms with Gasteiger partial charge in [0.15, 0.2) is 0 Å². The molecule has 5 nitrogen and oxygen atoms in total. The van der Waals surface area contributed by atoms with Gasteiger partial charge in [-0.1, -0.05) is 5.16 Å². The highest BCUT2D eigenvalue weighted by atomic mass is 19.1. The number of hydrogen-bond acceptors (Lipinski definition) is 4. The minimum Gasteiger partial charge on any atom is -0.457 e. The van der Waals surface area contributed by atoms with Crippen molar-refractivity contribution >= 4 is 0 Å². The summed E-state index contributed by atoms with van der Waals surface area (Å²) in [5, 5.41) is 3.98. The monoisotopic (exact) mass is 321 g/mol. The van der Waals surface area contributed by atoms with Gasteiger partial charge in [0, 0.05) is 18.0 Å². The fourth-order valence-electron chi connectivity index (χ4n) is 2.23. The lowest BCUT2D eigenvalue weighted by Crippen LogP contribution is -1.86. The summed E-state index contributed by atoms with van der Waals surface area (Å²) < 4.78 is 23.8. The lowest BCUT2D eigenvalue weighted by molar-refractivity contribution is 0.432. The van der Waals surface area contributed by atoms with Crippen LogP contribution in [0.4, 0.5) is 4.39 Å². The van der Waals surface area contributed by atoms with Crippen LogP contribution in [0.1, 0.15) is 0 Å². The van der Waals surface area contributed by atoms with Crippen LogP contribution in [0.2, 0.25) is 0 Å². The molecule has 118 valence electrons. The van der Waals surface area contributed by atoms with Crippen molar-refractivity contribution < 1.29 is 13.7 Å². The van der Waals surface area contributed by atoms with Crippen LogP contribution in [0, 0.1) is 5.82 Å². The summed E-state index contributed by atoms with van der Waals surface area (Å²) in [5.74, 6) is 1.86. The first-order valence-electron chi connectivity index (χ1n) is 7.29. The highest BCUT2D eigenvalue weighted by Gasteiger charge is 2.11. The Morgan fingerprint density at radius 2 is 1.58 bits per heavy atom. The molecule has 0 saturated carbocycles. The van der Waals surface area contributed by atoms with E-state index in [0.29, 0.717) is 23.2 Å². The standard InChI is InChI=1S/C18H12FN3O2/c19-14-3-7-16(8-4-14)23-15-5-1-12(2-6-15)17-21-18(24-22-17)13-9-10-20-11-13/h1-11,20H. The molecule has 4 aromatic rings. The van der Waals surface area contributed by atoms with Crippen LogP contribution in [-0.4, -0.2) is 15.1 Å². The molecule has 2 heterocycles. The lowest BCUT2D eigenvalue weighted by Gasteiger charge is -2.05. The third kappa shape index (κ3) is 2.89. The molecule has 6 heteroatoms. The van der Waals surface area contributed by atoms with Gasteiger partial charge in [-0.25, -0.2) is 4.39 Å². The Labute approximate surface area is 136 Å². The zero-order valence-corrected chi connectivity index (χ0v) is 12.4. The zero-order valence-electron chi connectivity index (χ0n) is 12.4. The number of hydrogen-bond donors (Lipinski definition) is 1. The summed E-state index contributed by atoms with van der Waals surface area (Å²) in [6.07, 6.45) is 3.58. The molecule has 24 heavy (non-hydrogen) atoms. The number of benzene rings is 2. The first-order chi connectivity index (χ1) is 11.8. The van der Waals surface area contributed by atoms with Crippen molar-refractivity contribution in [2.24, 2.45) is 0 Å². The third-order valence-electron chi connectivity index (χ3n) is 3.43. The number of ether oxygens (including phenoxy) is 1. The van der Waals surface area contributed by atoms with Crippen molar-refractivity contribution in [1.29, 1.82) is 0 Å². The molecule has 2 aromatic carbocycles. The van der Waals surface area contributed by atoms with Crippen LogP contribution >= 0.6 is 0 Å². The number of H-pyrrole nitrogens is 1. The fourth-order valence-corrected chi connectivity index (χ4v) is 2.23. The maximum atomic E-state index is 12.9. The van der Waals surface area contributed by atoms with E-state index in [9.17, 15) is 4.39 Å². The van der Waals surface area contributed by atoms with Crippen LogP contribution < -0.4 is 4.74 Å². The van der Waals surface area contributed by atoms with Crippen molar-refractivity contribution in [3.05, 3.63) is 72.8 Å². The molecule has 0 unspecified atom stereocenters. The molecule has 0 saturated heterocycles. The van der Waals surface area contributed by atoms with Crippen molar-refractivity contribution in [3.8, 4) is 34.3 Å². The second-order valence-electron chi connectivity index (χ2n) is 5.10. The third-order valence-corrected chi connectivity index (χ3v) is 3.43. The summed E-state index contributed by atoms with van der Waals surface area (Å²) in [5.41, 5.74) is 1.65. The Balaban J connectivity index is 1.52. The van der Waals surface area contributed by atoms with Gasteiger partial charge in [0.05, 0.1) is 5.56 Å². The summed E-state index contributed by atoms with van der Waals surface area (Å²) >= 11 is 0. The summed E-state index contributed by atoms with van der Waals surface area (Å²) in [7, 11) is 0. The Kier molecular flexibility index (Phi) is 3.55. The molecule has 0 aliphatic carbocycles. The SMILES string of the molecule is Fc1ccc(Oc2ccc(-c3noc(-c4cc[nH]c4)n3)cc2)cc1. The van der Waals surface area contributed by atoms with Crippen LogP contribution in [0.25, 0.3) is 22.8 Å². The number of nitrogens with zero attached hydrogens (tertiary/aromatic N) is 2. The quantitative estimate of drug-likeness (QED) is 0.593. The van der Waals surface area contributed by atoms with E-state index in [2.05, 4.69) is 15.1 Å². The van der Waals surface area contributed by atoms with E-state index in [1.54, 1.807) is 36.7 Å². The van der Waals surface area contributed by atoms with Gasteiger partial charge >= 0.3 is 0 Å². The lowest BCUT2D eigenvalue weighted by atomic mass is 10.2. The number of halogens is 1. The first kappa shape index (κ1) is 14.2. The Bertz CT molecular complexity index is 929. The number of aromatic nitrogens is 3. The van der Waals surface area contributed by atoms with E-state index in [1.807, 2.05) is 18.2 Å². The summed E-state index contributed by atoms with van der Waals surface area (Å²) in [4.78, 5) is 7.31. The van der Waals surface area contributed by atoms with Crippen LogP contribution in [-0.2, 0) is 0 Å². The van der Waals surface area contributed by atoms with Gasteiger partial charge < -0.3 is 14.2 Å². The molecule has 0 fully saturated rings. The van der Waals surface area contributed by atoms with E-state index in [-0.39, 0.29) is 5.82 Å². The molecule has 0 aliphatic heterocycles. The van der Waals surface area contributed by atoms with E-state index in [1.165, 1.54) is 12.1 Å². The zero-order chi connectivity index (χ0) is 16.4. The van der Waals surface area contributed by atoms with Gasteiger partial charge in [-0.2, -0.15) is 4.98 Å². The second kappa shape index (κ2) is 6.00. The smallest absolute Gasteiger partial charge is 0.259 e. The van der Waals surface area contributed by atoms with Crippen LogP contribution in [0.15, 0.2) is 71.5 Å². The van der Waals surface area contributed by atoms with Crippen LogP contribution in [0.3, 0.4) is 0 Å².